The molecule has 0 aliphatic carbocycles. The van der Waals surface area contributed by atoms with Gasteiger partial charge in [0.25, 0.3) is 0 Å². The lowest BCUT2D eigenvalue weighted by atomic mass is 9.98. The van der Waals surface area contributed by atoms with E-state index in [2.05, 4.69) is 34.5 Å². The van der Waals surface area contributed by atoms with Gasteiger partial charge in [-0.1, -0.05) is 19.9 Å². The number of pyridine rings is 1. The number of amides is 1. The number of nitrogens with two attached hydrogens (primary N) is 1. The molecule has 1 saturated heterocycles. The largest absolute Gasteiger partial charge is 0.495 e. The Hall–Kier alpha value is -2.87. The maximum Gasteiger partial charge on any atom is 0.220 e. The van der Waals surface area contributed by atoms with Crippen molar-refractivity contribution in [1.29, 1.82) is 0 Å². The molecule has 1 unspecified atom stereocenters. The van der Waals surface area contributed by atoms with E-state index >= 15 is 0 Å². The molecule has 0 spiro atoms. The van der Waals surface area contributed by atoms with Crippen LogP contribution in [0.4, 0.5) is 10.7 Å². The van der Waals surface area contributed by atoms with Crippen molar-refractivity contribution in [1.82, 2.24) is 14.7 Å². The van der Waals surface area contributed by atoms with Crippen LogP contribution in [0.2, 0.25) is 0 Å². The first-order chi connectivity index (χ1) is 15.4. The Balaban J connectivity index is 1.48. The SMILES string of the molecule is COc1cc(-c2cnc3c(N4CCCC(CNC(=O)CC(C)C)C4)snc3c2)ccc1N. The summed E-state index contributed by atoms with van der Waals surface area (Å²) in [6.07, 6.45) is 4.71. The molecule has 2 aromatic heterocycles. The van der Waals surface area contributed by atoms with Gasteiger partial charge in [0, 0.05) is 37.8 Å². The van der Waals surface area contributed by atoms with Crippen LogP contribution in [0.3, 0.4) is 0 Å². The number of rotatable bonds is 7. The number of nitrogens with one attached hydrogen (secondary N) is 1. The summed E-state index contributed by atoms with van der Waals surface area (Å²) in [5.41, 5.74) is 10.4. The number of hydrogen-bond acceptors (Lipinski definition) is 7. The molecule has 1 aromatic carbocycles. The van der Waals surface area contributed by atoms with Gasteiger partial charge in [0.05, 0.1) is 12.8 Å². The van der Waals surface area contributed by atoms with Crippen LogP contribution in [0.15, 0.2) is 30.5 Å². The second kappa shape index (κ2) is 9.73. The molecule has 3 N–H and O–H groups in total. The standard InChI is InChI=1S/C24H31N5O2S/c1-15(2)9-22(30)26-12-16-5-4-8-29(14-16)24-23-20(28-32-24)10-18(13-27-23)17-6-7-19(25)21(11-17)31-3/h6-7,10-11,13,15-16H,4-5,8-9,12,14,25H2,1-3H3,(H,26,30). The van der Waals surface area contributed by atoms with Crippen molar-refractivity contribution in [2.24, 2.45) is 11.8 Å². The summed E-state index contributed by atoms with van der Waals surface area (Å²) in [6, 6.07) is 7.81. The lowest BCUT2D eigenvalue weighted by Gasteiger charge is -2.33. The van der Waals surface area contributed by atoms with Gasteiger partial charge in [0.2, 0.25) is 5.91 Å². The maximum absolute atomic E-state index is 12.0. The van der Waals surface area contributed by atoms with Gasteiger partial charge in [0.1, 0.15) is 21.8 Å². The number of anilines is 2. The molecule has 0 saturated carbocycles. The highest BCUT2D eigenvalue weighted by Gasteiger charge is 2.24. The van der Waals surface area contributed by atoms with Gasteiger partial charge in [-0.3, -0.25) is 9.78 Å². The molecule has 3 heterocycles. The van der Waals surface area contributed by atoms with Gasteiger partial charge >= 0.3 is 0 Å². The monoisotopic (exact) mass is 453 g/mol. The van der Waals surface area contributed by atoms with E-state index in [4.69, 9.17) is 15.5 Å². The number of ether oxygens (including phenoxy) is 1. The highest BCUT2D eigenvalue weighted by molar-refractivity contribution is 7.11. The molecule has 32 heavy (non-hydrogen) atoms. The third-order valence-corrected chi connectivity index (χ3v) is 6.77. The molecule has 7 nitrogen and oxygen atoms in total. The summed E-state index contributed by atoms with van der Waals surface area (Å²) in [5, 5.41) is 4.22. The van der Waals surface area contributed by atoms with Crippen molar-refractivity contribution < 1.29 is 9.53 Å². The van der Waals surface area contributed by atoms with E-state index in [1.54, 1.807) is 7.11 Å². The molecule has 1 amide bonds. The molecule has 4 rings (SSSR count). The van der Waals surface area contributed by atoms with Crippen LogP contribution >= 0.6 is 11.5 Å². The van der Waals surface area contributed by atoms with E-state index in [0.717, 1.165) is 59.6 Å². The number of carbonyl (C=O) groups excluding carboxylic acids is 1. The summed E-state index contributed by atoms with van der Waals surface area (Å²) < 4.78 is 10.0. The Bertz CT molecular complexity index is 1100. The predicted octanol–water partition coefficient (Wildman–Crippen LogP) is 4.33. The van der Waals surface area contributed by atoms with Gasteiger partial charge in [-0.15, -0.1) is 0 Å². The quantitative estimate of drug-likeness (QED) is 0.517. The first kappa shape index (κ1) is 22.3. The Morgan fingerprint density at radius 3 is 2.97 bits per heavy atom. The van der Waals surface area contributed by atoms with Crippen molar-refractivity contribution in [2.45, 2.75) is 33.1 Å². The van der Waals surface area contributed by atoms with Crippen LogP contribution in [0.25, 0.3) is 22.2 Å². The van der Waals surface area contributed by atoms with E-state index in [0.29, 0.717) is 29.7 Å². The topological polar surface area (TPSA) is 93.4 Å². The molecule has 3 aromatic rings. The Kier molecular flexibility index (Phi) is 6.79. The number of aromatic nitrogens is 2. The highest BCUT2D eigenvalue weighted by atomic mass is 32.1. The fourth-order valence-corrected chi connectivity index (χ4v) is 5.05. The minimum atomic E-state index is 0.147. The number of methoxy groups -OCH3 is 1. The summed E-state index contributed by atoms with van der Waals surface area (Å²) in [6.45, 7) is 6.78. The number of nitrogens with zero attached hydrogens (tertiary/aromatic N) is 3. The fourth-order valence-electron chi connectivity index (χ4n) is 4.20. The van der Waals surface area contributed by atoms with E-state index in [-0.39, 0.29) is 5.91 Å². The third kappa shape index (κ3) is 4.96. The normalized spacial score (nSPS) is 16.5. The Morgan fingerprint density at radius 2 is 2.19 bits per heavy atom. The fraction of sp³-hybridized carbons (Fsp3) is 0.458. The second-order valence-corrected chi connectivity index (χ2v) is 9.64. The second-order valence-electron chi connectivity index (χ2n) is 8.89. The van der Waals surface area contributed by atoms with Crippen LogP contribution in [0.5, 0.6) is 5.75 Å². The van der Waals surface area contributed by atoms with Crippen molar-refractivity contribution in [2.75, 3.05) is 37.4 Å². The Labute approximate surface area is 193 Å². The van der Waals surface area contributed by atoms with Gasteiger partial charge in [-0.2, -0.15) is 4.37 Å². The molecule has 1 aliphatic heterocycles. The van der Waals surface area contributed by atoms with Crippen molar-refractivity contribution in [3.05, 3.63) is 30.5 Å². The number of fused-ring (bicyclic) bond motifs is 1. The zero-order chi connectivity index (χ0) is 22.7. The molecule has 1 fully saturated rings. The van der Waals surface area contributed by atoms with Crippen LogP contribution in [-0.4, -0.2) is 42.0 Å². The van der Waals surface area contributed by atoms with Crippen molar-refractivity contribution >= 4 is 39.2 Å². The summed E-state index contributed by atoms with van der Waals surface area (Å²) >= 11 is 1.50. The molecular formula is C24H31N5O2S. The Morgan fingerprint density at radius 1 is 1.34 bits per heavy atom. The zero-order valence-electron chi connectivity index (χ0n) is 18.9. The van der Waals surface area contributed by atoms with Gasteiger partial charge in [-0.05, 0) is 60.0 Å². The molecule has 8 heteroatoms. The van der Waals surface area contributed by atoms with E-state index in [9.17, 15) is 4.79 Å². The summed E-state index contributed by atoms with van der Waals surface area (Å²) in [5.74, 6) is 1.63. The molecule has 170 valence electrons. The van der Waals surface area contributed by atoms with E-state index < -0.39 is 0 Å². The summed E-state index contributed by atoms with van der Waals surface area (Å²) in [7, 11) is 1.62. The highest BCUT2D eigenvalue weighted by Crippen LogP contribution is 2.35. The number of nitrogen functional groups attached to an aromatic ring is 1. The van der Waals surface area contributed by atoms with Crippen molar-refractivity contribution in [3.8, 4) is 16.9 Å². The van der Waals surface area contributed by atoms with Gasteiger partial charge in [-0.25, -0.2) is 0 Å². The molecular weight excluding hydrogens is 422 g/mol. The van der Waals surface area contributed by atoms with Crippen molar-refractivity contribution in [3.63, 3.8) is 0 Å². The molecule has 1 aliphatic rings. The van der Waals surface area contributed by atoms with E-state index in [1.807, 2.05) is 24.4 Å². The lowest BCUT2D eigenvalue weighted by molar-refractivity contribution is -0.121. The maximum atomic E-state index is 12.0. The average molecular weight is 454 g/mol. The van der Waals surface area contributed by atoms with Gasteiger partial charge in [0.15, 0.2) is 0 Å². The number of carbonyl (C=O) groups is 1. The number of hydrogen-bond donors (Lipinski definition) is 2. The minimum absolute atomic E-state index is 0.147. The number of piperidine rings is 1. The van der Waals surface area contributed by atoms with Crippen LogP contribution < -0.4 is 20.7 Å². The molecule has 0 radical (unpaired) electrons. The first-order valence-corrected chi connectivity index (χ1v) is 11.9. The first-order valence-electron chi connectivity index (χ1n) is 11.2. The minimum Gasteiger partial charge on any atom is -0.495 e. The van der Waals surface area contributed by atoms with Gasteiger partial charge < -0.3 is 20.7 Å². The van der Waals surface area contributed by atoms with Crippen LogP contribution in [-0.2, 0) is 4.79 Å². The molecule has 0 bridgehead atoms. The predicted molar refractivity (Wildman–Crippen MR) is 131 cm³/mol. The zero-order valence-corrected chi connectivity index (χ0v) is 19.7. The molecule has 1 atom stereocenters. The smallest absolute Gasteiger partial charge is 0.220 e. The third-order valence-electron chi connectivity index (χ3n) is 5.86. The van der Waals surface area contributed by atoms with Crippen LogP contribution in [0.1, 0.15) is 33.1 Å². The number of benzene rings is 1. The van der Waals surface area contributed by atoms with Crippen LogP contribution in [0, 0.1) is 11.8 Å². The average Bonchev–Trinajstić information content (AvgIpc) is 3.21. The lowest BCUT2D eigenvalue weighted by Crippen LogP contribution is -2.41. The summed E-state index contributed by atoms with van der Waals surface area (Å²) in [4.78, 5) is 19.2. The van der Waals surface area contributed by atoms with E-state index in [1.165, 1.54) is 11.5 Å².